The van der Waals surface area contributed by atoms with Crippen molar-refractivity contribution in [2.24, 2.45) is 0 Å². The van der Waals surface area contributed by atoms with Crippen molar-refractivity contribution in [1.82, 2.24) is 0 Å². The number of aliphatic hydroxyl groups is 1. The van der Waals surface area contributed by atoms with Crippen LogP contribution in [0, 0.1) is 6.92 Å². The molecule has 6 heteroatoms. The minimum absolute atomic E-state index is 0.177. The van der Waals surface area contributed by atoms with Crippen molar-refractivity contribution in [3.05, 3.63) is 33.8 Å². The van der Waals surface area contributed by atoms with Crippen LogP contribution in [-0.2, 0) is 10.1 Å². The van der Waals surface area contributed by atoms with E-state index in [0.717, 1.165) is 4.47 Å². The molecule has 0 heterocycles. The van der Waals surface area contributed by atoms with Gasteiger partial charge in [0, 0.05) is 10.0 Å². The number of rotatable bonds is 2. The van der Waals surface area contributed by atoms with Crippen LogP contribution < -0.4 is 0 Å². The van der Waals surface area contributed by atoms with E-state index in [1.807, 2.05) is 0 Å². The third kappa shape index (κ3) is 2.54. The molecule has 0 bridgehead atoms. The van der Waals surface area contributed by atoms with Crippen molar-refractivity contribution in [3.8, 4) is 0 Å². The minimum atomic E-state index is -4.45. The highest BCUT2D eigenvalue weighted by atomic mass is 79.9. The molecule has 0 spiro atoms. The van der Waals surface area contributed by atoms with Crippen LogP contribution in [0.3, 0.4) is 0 Å². The van der Waals surface area contributed by atoms with Crippen LogP contribution >= 0.6 is 15.9 Å². The standard InChI is InChI=1S/C8H9BrO4S/c1-5-4-6(9)2-3-7(5)8(10)14(11,12)13/h2-4,8,10H,1H3,(H,11,12,13). The Morgan fingerprint density at radius 2 is 2.00 bits per heavy atom. The third-order valence-electron chi connectivity index (χ3n) is 1.78. The van der Waals surface area contributed by atoms with E-state index in [1.165, 1.54) is 6.07 Å². The van der Waals surface area contributed by atoms with Gasteiger partial charge in [-0.15, -0.1) is 0 Å². The Kier molecular flexibility index (Phi) is 3.31. The van der Waals surface area contributed by atoms with Gasteiger partial charge in [0.05, 0.1) is 0 Å². The first-order chi connectivity index (χ1) is 6.32. The molecule has 0 saturated carbocycles. The zero-order valence-corrected chi connectivity index (χ0v) is 9.71. The summed E-state index contributed by atoms with van der Waals surface area (Å²) in [5.41, 5.74) is -1.11. The average Bonchev–Trinajstić information content (AvgIpc) is 2.01. The molecule has 1 atom stereocenters. The molecular formula is C8H9BrO4S. The van der Waals surface area contributed by atoms with Crippen molar-refractivity contribution in [2.75, 3.05) is 0 Å². The maximum absolute atomic E-state index is 10.7. The summed E-state index contributed by atoms with van der Waals surface area (Å²) in [6.45, 7) is 1.65. The van der Waals surface area contributed by atoms with Gasteiger partial charge in [0.15, 0.2) is 0 Å². The van der Waals surface area contributed by atoms with Gasteiger partial charge in [-0.3, -0.25) is 4.55 Å². The van der Waals surface area contributed by atoms with Crippen molar-refractivity contribution in [2.45, 2.75) is 12.4 Å². The fourth-order valence-electron chi connectivity index (χ4n) is 1.08. The van der Waals surface area contributed by atoms with Gasteiger partial charge in [0.2, 0.25) is 5.44 Å². The molecule has 0 aromatic heterocycles. The molecule has 1 unspecified atom stereocenters. The summed E-state index contributed by atoms with van der Waals surface area (Å²) in [7, 11) is -4.45. The monoisotopic (exact) mass is 280 g/mol. The molecule has 2 N–H and O–H groups in total. The highest BCUT2D eigenvalue weighted by Crippen LogP contribution is 2.24. The smallest absolute Gasteiger partial charge is 0.296 e. The molecule has 1 rings (SSSR count). The Hall–Kier alpha value is -0.430. The average molecular weight is 281 g/mol. The second-order valence-corrected chi connectivity index (χ2v) is 5.26. The maximum Gasteiger partial charge on any atom is 0.296 e. The van der Waals surface area contributed by atoms with Crippen molar-refractivity contribution in [3.63, 3.8) is 0 Å². The first-order valence-corrected chi connectivity index (χ1v) is 6.02. The van der Waals surface area contributed by atoms with Crippen LogP contribution in [0.25, 0.3) is 0 Å². The Balaban J connectivity index is 3.21. The molecule has 1 aromatic rings. The maximum atomic E-state index is 10.7. The minimum Gasteiger partial charge on any atom is -0.371 e. The van der Waals surface area contributed by atoms with E-state index in [0.29, 0.717) is 5.56 Å². The fraction of sp³-hybridized carbons (Fsp3) is 0.250. The third-order valence-corrected chi connectivity index (χ3v) is 3.09. The second kappa shape index (κ2) is 3.98. The van der Waals surface area contributed by atoms with E-state index >= 15 is 0 Å². The van der Waals surface area contributed by atoms with Crippen LogP contribution in [-0.4, -0.2) is 18.1 Å². The van der Waals surface area contributed by atoms with Crippen LogP contribution in [0.15, 0.2) is 22.7 Å². The molecule has 0 saturated heterocycles. The Morgan fingerprint density at radius 3 is 2.43 bits per heavy atom. The number of halogens is 1. The van der Waals surface area contributed by atoms with E-state index in [-0.39, 0.29) is 5.56 Å². The number of benzene rings is 1. The molecule has 0 aliphatic carbocycles. The topological polar surface area (TPSA) is 74.6 Å². The lowest BCUT2D eigenvalue weighted by atomic mass is 10.1. The SMILES string of the molecule is Cc1cc(Br)ccc1C(O)S(=O)(=O)O. The molecule has 0 aliphatic rings. The van der Waals surface area contributed by atoms with E-state index in [2.05, 4.69) is 15.9 Å². The first-order valence-electron chi connectivity index (χ1n) is 3.73. The van der Waals surface area contributed by atoms with Gasteiger partial charge >= 0.3 is 0 Å². The molecular weight excluding hydrogens is 272 g/mol. The summed E-state index contributed by atoms with van der Waals surface area (Å²) in [6, 6.07) is 4.69. The summed E-state index contributed by atoms with van der Waals surface area (Å²) < 4.78 is 30.7. The van der Waals surface area contributed by atoms with E-state index in [4.69, 9.17) is 4.55 Å². The van der Waals surface area contributed by atoms with Gasteiger partial charge in [-0.1, -0.05) is 22.0 Å². The predicted octanol–water partition coefficient (Wildman–Crippen LogP) is 1.64. The van der Waals surface area contributed by atoms with Gasteiger partial charge in [0.1, 0.15) is 0 Å². The highest BCUT2D eigenvalue weighted by molar-refractivity contribution is 9.10. The summed E-state index contributed by atoms with van der Waals surface area (Å²) in [4.78, 5) is 0. The summed E-state index contributed by atoms with van der Waals surface area (Å²) in [5, 5.41) is 9.28. The van der Waals surface area contributed by atoms with Gasteiger partial charge < -0.3 is 5.11 Å². The fourth-order valence-corrected chi connectivity index (χ4v) is 2.14. The van der Waals surface area contributed by atoms with Gasteiger partial charge in [-0.05, 0) is 24.6 Å². The number of aryl methyl sites for hydroxylation is 1. The molecule has 0 fully saturated rings. The lowest BCUT2D eigenvalue weighted by molar-refractivity contribution is 0.237. The largest absolute Gasteiger partial charge is 0.371 e. The van der Waals surface area contributed by atoms with E-state index < -0.39 is 15.6 Å². The van der Waals surface area contributed by atoms with Crippen molar-refractivity contribution >= 4 is 26.0 Å². The molecule has 1 aromatic carbocycles. The van der Waals surface area contributed by atoms with Crippen molar-refractivity contribution in [1.29, 1.82) is 0 Å². The molecule has 4 nitrogen and oxygen atoms in total. The lowest BCUT2D eigenvalue weighted by Crippen LogP contribution is -2.12. The highest BCUT2D eigenvalue weighted by Gasteiger charge is 2.23. The number of hydrogen-bond acceptors (Lipinski definition) is 3. The van der Waals surface area contributed by atoms with Crippen LogP contribution in [0.4, 0.5) is 0 Å². The van der Waals surface area contributed by atoms with Gasteiger partial charge in [-0.25, -0.2) is 0 Å². The van der Waals surface area contributed by atoms with Gasteiger partial charge in [-0.2, -0.15) is 8.42 Å². The molecule has 0 aliphatic heterocycles. The molecule has 78 valence electrons. The van der Waals surface area contributed by atoms with E-state index in [9.17, 15) is 13.5 Å². The zero-order chi connectivity index (χ0) is 10.9. The Bertz CT molecular complexity index is 441. The Morgan fingerprint density at radius 1 is 1.43 bits per heavy atom. The number of hydrogen-bond donors (Lipinski definition) is 2. The second-order valence-electron chi connectivity index (χ2n) is 2.87. The summed E-state index contributed by atoms with van der Waals surface area (Å²) >= 11 is 3.20. The predicted molar refractivity (Wildman–Crippen MR) is 55.4 cm³/mol. The quantitative estimate of drug-likeness (QED) is 0.808. The first kappa shape index (κ1) is 11.6. The van der Waals surface area contributed by atoms with Crippen LogP contribution in [0.1, 0.15) is 16.6 Å². The molecule has 14 heavy (non-hydrogen) atoms. The summed E-state index contributed by atoms with van der Waals surface area (Å²) in [5.74, 6) is 0. The molecule has 0 radical (unpaired) electrons. The summed E-state index contributed by atoms with van der Waals surface area (Å²) in [6.07, 6.45) is 0. The zero-order valence-electron chi connectivity index (χ0n) is 7.31. The lowest BCUT2D eigenvalue weighted by Gasteiger charge is -2.10. The van der Waals surface area contributed by atoms with Crippen LogP contribution in [0.2, 0.25) is 0 Å². The normalized spacial score (nSPS) is 14.0. The Labute approximate surface area is 90.5 Å². The van der Waals surface area contributed by atoms with Crippen LogP contribution in [0.5, 0.6) is 0 Å². The van der Waals surface area contributed by atoms with E-state index in [1.54, 1.807) is 19.1 Å². The van der Waals surface area contributed by atoms with Crippen molar-refractivity contribution < 1.29 is 18.1 Å². The van der Waals surface area contributed by atoms with Gasteiger partial charge in [0.25, 0.3) is 10.1 Å². The molecule has 0 amide bonds. The number of aliphatic hydroxyl groups excluding tert-OH is 1.